The van der Waals surface area contributed by atoms with E-state index in [2.05, 4.69) is 31.2 Å². The summed E-state index contributed by atoms with van der Waals surface area (Å²) in [6.07, 6.45) is 3.77. The van der Waals surface area contributed by atoms with E-state index in [9.17, 15) is 9.59 Å². The topological polar surface area (TPSA) is 64.0 Å². The fourth-order valence-electron chi connectivity index (χ4n) is 2.00. The lowest BCUT2D eigenvalue weighted by Crippen LogP contribution is -2.19. The summed E-state index contributed by atoms with van der Waals surface area (Å²) in [5.41, 5.74) is 2.21. The van der Waals surface area contributed by atoms with Crippen LogP contribution in [0.5, 0.6) is 0 Å². The number of hydrogen-bond acceptors (Lipinski definition) is 3. The van der Waals surface area contributed by atoms with E-state index in [1.165, 1.54) is 0 Å². The van der Waals surface area contributed by atoms with Gasteiger partial charge in [0.1, 0.15) is 0 Å². The number of nitrogens with zero attached hydrogens (tertiary/aromatic N) is 2. The zero-order valence-corrected chi connectivity index (χ0v) is 11.1. The first-order chi connectivity index (χ1) is 8.27. The Kier molecular flexibility index (Phi) is 2.84. The minimum absolute atomic E-state index is 0.104. The number of nitrogens with one attached hydrogen (secondary N) is 1. The summed E-state index contributed by atoms with van der Waals surface area (Å²) in [4.78, 5) is 22.7. The maximum absolute atomic E-state index is 11.5. The van der Waals surface area contributed by atoms with Crippen molar-refractivity contribution in [2.45, 2.75) is 32.6 Å². The first kappa shape index (κ1) is 12.5. The van der Waals surface area contributed by atoms with Gasteiger partial charge in [0.05, 0.1) is 12.1 Å². The van der Waals surface area contributed by atoms with Crippen LogP contribution in [0.3, 0.4) is 0 Å². The zero-order valence-electron chi connectivity index (χ0n) is 11.1. The van der Waals surface area contributed by atoms with E-state index in [4.69, 9.17) is 0 Å². The molecule has 2 amide bonds. The molecule has 1 N–H and O–H groups in total. The molecule has 1 aromatic rings. The van der Waals surface area contributed by atoms with Gasteiger partial charge in [0.25, 0.3) is 5.91 Å². The van der Waals surface area contributed by atoms with Gasteiger partial charge in [0, 0.05) is 29.8 Å². The van der Waals surface area contributed by atoms with Crippen LogP contribution in [0, 0.1) is 0 Å². The van der Waals surface area contributed by atoms with E-state index in [1.807, 2.05) is 13.2 Å². The smallest absolute Gasteiger partial charge is 0.254 e. The van der Waals surface area contributed by atoms with E-state index >= 15 is 0 Å². The van der Waals surface area contributed by atoms with E-state index in [1.54, 1.807) is 10.8 Å². The van der Waals surface area contributed by atoms with Crippen LogP contribution in [0.1, 0.15) is 38.4 Å². The number of aromatic nitrogens is 2. The highest BCUT2D eigenvalue weighted by atomic mass is 16.2. The highest BCUT2D eigenvalue weighted by Gasteiger charge is 2.26. The normalized spacial score (nSPS) is 18.6. The molecule has 0 atom stereocenters. The molecule has 18 heavy (non-hydrogen) atoms. The Morgan fingerprint density at radius 3 is 2.56 bits per heavy atom. The lowest BCUT2D eigenvalue weighted by Gasteiger charge is -2.16. The van der Waals surface area contributed by atoms with Gasteiger partial charge in [-0.15, -0.1) is 0 Å². The van der Waals surface area contributed by atoms with Gasteiger partial charge in [0.15, 0.2) is 0 Å². The molecule has 2 rings (SSSR count). The first-order valence-electron chi connectivity index (χ1n) is 5.86. The van der Waals surface area contributed by atoms with Gasteiger partial charge < -0.3 is 0 Å². The van der Waals surface area contributed by atoms with Gasteiger partial charge in [-0.1, -0.05) is 20.8 Å². The molecular weight excluding hydrogens is 230 g/mol. The highest BCUT2D eigenvalue weighted by molar-refractivity contribution is 6.15. The molecule has 0 radical (unpaired) electrons. The second-order valence-electron chi connectivity index (χ2n) is 5.58. The third kappa shape index (κ3) is 2.34. The fraction of sp³-hybridized carbons (Fsp3) is 0.462. The largest absolute Gasteiger partial charge is 0.292 e. The molecule has 1 aliphatic heterocycles. The molecular formula is C13H17N3O2. The molecule has 5 nitrogen and oxygen atoms in total. The molecule has 0 aliphatic carbocycles. The number of aryl methyl sites for hydroxylation is 1. The second kappa shape index (κ2) is 4.08. The van der Waals surface area contributed by atoms with Crippen LogP contribution in [-0.2, 0) is 22.1 Å². The Morgan fingerprint density at radius 2 is 2.06 bits per heavy atom. The number of amides is 2. The predicted molar refractivity (Wildman–Crippen MR) is 67.7 cm³/mol. The fourth-order valence-corrected chi connectivity index (χ4v) is 2.00. The van der Waals surface area contributed by atoms with Crippen molar-refractivity contribution in [1.82, 2.24) is 15.1 Å². The van der Waals surface area contributed by atoms with Crippen LogP contribution < -0.4 is 5.32 Å². The molecule has 0 saturated carbocycles. The van der Waals surface area contributed by atoms with Gasteiger partial charge in [-0.3, -0.25) is 19.6 Å². The Balaban J connectivity index is 2.44. The summed E-state index contributed by atoms with van der Waals surface area (Å²) < 4.78 is 1.72. The van der Waals surface area contributed by atoms with Crippen molar-refractivity contribution >= 4 is 17.9 Å². The van der Waals surface area contributed by atoms with Crippen molar-refractivity contribution in [2.75, 3.05) is 0 Å². The Hall–Kier alpha value is -1.91. The van der Waals surface area contributed by atoms with Crippen LogP contribution >= 0.6 is 0 Å². The Bertz CT molecular complexity index is 547. The highest BCUT2D eigenvalue weighted by Crippen LogP contribution is 2.26. The summed E-state index contributed by atoms with van der Waals surface area (Å²) in [7, 11) is 1.84. The van der Waals surface area contributed by atoms with Gasteiger partial charge in [-0.25, -0.2) is 0 Å². The maximum atomic E-state index is 11.5. The monoisotopic (exact) mass is 247 g/mol. The van der Waals surface area contributed by atoms with Crippen LogP contribution in [0.4, 0.5) is 0 Å². The van der Waals surface area contributed by atoms with Crippen molar-refractivity contribution in [3.8, 4) is 0 Å². The number of imide groups is 1. The molecule has 96 valence electrons. The van der Waals surface area contributed by atoms with Crippen LogP contribution in [0.25, 0.3) is 6.08 Å². The second-order valence-corrected chi connectivity index (χ2v) is 5.58. The molecule has 0 spiro atoms. The molecule has 5 heteroatoms. The van der Waals surface area contributed by atoms with Gasteiger partial charge in [0.2, 0.25) is 5.91 Å². The van der Waals surface area contributed by atoms with Crippen LogP contribution in [0.2, 0.25) is 0 Å². The molecule has 1 aliphatic rings. The molecule has 0 bridgehead atoms. The minimum Gasteiger partial charge on any atom is -0.292 e. The number of carbonyl (C=O) groups is 2. The first-order valence-corrected chi connectivity index (χ1v) is 5.86. The molecule has 0 unspecified atom stereocenters. The Morgan fingerprint density at radius 1 is 1.39 bits per heavy atom. The molecule has 1 fully saturated rings. The van der Waals surface area contributed by atoms with E-state index < -0.39 is 0 Å². The molecule has 1 aromatic heterocycles. The maximum Gasteiger partial charge on any atom is 0.254 e. The summed E-state index contributed by atoms with van der Waals surface area (Å²) in [6, 6.07) is 0. The third-order valence-electron chi connectivity index (χ3n) is 2.79. The van der Waals surface area contributed by atoms with Gasteiger partial charge in [-0.05, 0) is 6.08 Å². The summed E-state index contributed by atoms with van der Waals surface area (Å²) >= 11 is 0. The van der Waals surface area contributed by atoms with Crippen molar-refractivity contribution in [3.63, 3.8) is 0 Å². The van der Waals surface area contributed by atoms with Crippen LogP contribution in [0.15, 0.2) is 11.8 Å². The molecule has 2 heterocycles. The minimum atomic E-state index is -0.302. The average molecular weight is 247 g/mol. The number of hydrogen-bond donors (Lipinski definition) is 1. The van der Waals surface area contributed by atoms with E-state index in [-0.39, 0.29) is 23.7 Å². The quantitative estimate of drug-likeness (QED) is 0.598. The third-order valence-corrected chi connectivity index (χ3v) is 2.79. The van der Waals surface area contributed by atoms with Gasteiger partial charge >= 0.3 is 0 Å². The SMILES string of the molecule is Cn1cc(/C=C2/CC(=O)NC2=O)c(C(C)(C)C)n1. The average Bonchev–Trinajstić information content (AvgIpc) is 2.70. The standard InChI is InChI=1S/C13H17N3O2/c1-13(2,3)11-9(7-16(4)15-11)5-8-6-10(17)14-12(8)18/h5,7H,6H2,1-4H3,(H,14,17,18)/b8-5-. The zero-order chi connectivity index (χ0) is 13.5. The number of carbonyl (C=O) groups excluding carboxylic acids is 2. The van der Waals surface area contributed by atoms with E-state index in [0.29, 0.717) is 5.57 Å². The lowest BCUT2D eigenvalue weighted by molar-refractivity contribution is -0.124. The van der Waals surface area contributed by atoms with Crippen LogP contribution in [-0.4, -0.2) is 21.6 Å². The van der Waals surface area contributed by atoms with Crippen molar-refractivity contribution < 1.29 is 9.59 Å². The summed E-state index contributed by atoms with van der Waals surface area (Å²) in [6.45, 7) is 6.20. The molecule has 0 aromatic carbocycles. The van der Waals surface area contributed by atoms with Crippen molar-refractivity contribution in [1.29, 1.82) is 0 Å². The lowest BCUT2D eigenvalue weighted by atomic mass is 9.89. The molecule has 1 saturated heterocycles. The van der Waals surface area contributed by atoms with E-state index in [0.717, 1.165) is 11.3 Å². The van der Waals surface area contributed by atoms with Gasteiger partial charge in [-0.2, -0.15) is 5.10 Å². The summed E-state index contributed by atoms with van der Waals surface area (Å²) in [5.74, 6) is -0.545. The van der Waals surface area contributed by atoms with Crippen molar-refractivity contribution in [3.05, 3.63) is 23.0 Å². The Labute approximate surface area is 106 Å². The number of rotatable bonds is 1. The predicted octanol–water partition coefficient (Wildman–Crippen LogP) is 1.15. The summed E-state index contributed by atoms with van der Waals surface area (Å²) in [5, 5.41) is 6.70. The van der Waals surface area contributed by atoms with Crippen molar-refractivity contribution in [2.24, 2.45) is 7.05 Å².